The summed E-state index contributed by atoms with van der Waals surface area (Å²) in [7, 11) is 0. The van der Waals surface area contributed by atoms with Crippen LogP contribution in [0.3, 0.4) is 0 Å². The first-order valence-electron chi connectivity index (χ1n) is 5.84. The first-order valence-corrected chi connectivity index (χ1v) is 6.83. The summed E-state index contributed by atoms with van der Waals surface area (Å²) in [5.41, 5.74) is 7.99. The molecule has 0 spiro atoms. The normalized spacial score (nSPS) is 10.3. The molecule has 0 saturated carbocycles. The Kier molecular flexibility index (Phi) is 6.09. The number of unbranched alkanes of at least 4 members (excludes halogenated alkanes) is 3. The van der Waals surface area contributed by atoms with Crippen molar-refractivity contribution < 1.29 is 0 Å². The summed E-state index contributed by atoms with van der Waals surface area (Å²) in [5.74, 6) is 1.18. The molecule has 1 aromatic carbocycles. The average molecular weight is 235 g/mol. The van der Waals surface area contributed by atoms with E-state index in [0.29, 0.717) is 0 Å². The van der Waals surface area contributed by atoms with Crippen LogP contribution in [0.4, 0.5) is 5.69 Å². The second-order valence-corrected chi connectivity index (χ2v) is 5.09. The zero-order chi connectivity index (χ0) is 11.8. The van der Waals surface area contributed by atoms with Crippen molar-refractivity contribution >= 4 is 17.4 Å². The fourth-order valence-electron chi connectivity index (χ4n) is 1.54. The number of benzene rings is 1. The van der Waals surface area contributed by atoms with E-state index in [9.17, 15) is 0 Å². The Bertz CT molecular complexity index is 334. The quantitative estimate of drug-likeness (QED) is 0.328. The van der Waals surface area contributed by atoms with Gasteiger partial charge in [0.1, 0.15) is 0 Å². The fourth-order valence-corrected chi connectivity index (χ4v) is 2.61. The fraction of sp³-hybridized carbons (Fsp3) is 0.429. The standard InChI is InChI=1S/C14H21NS/c1-3-4-5-6-7-11-16-14-10-8-9-13(15)12(14)2/h3,8-10H,1,4-7,11,15H2,2H3. The van der Waals surface area contributed by atoms with Gasteiger partial charge in [-0.1, -0.05) is 18.6 Å². The van der Waals surface area contributed by atoms with E-state index < -0.39 is 0 Å². The zero-order valence-corrected chi connectivity index (χ0v) is 10.9. The summed E-state index contributed by atoms with van der Waals surface area (Å²) in [4.78, 5) is 1.32. The molecule has 88 valence electrons. The molecule has 2 heteroatoms. The molecule has 1 rings (SSSR count). The number of thioether (sulfide) groups is 1. The molecule has 0 aromatic heterocycles. The van der Waals surface area contributed by atoms with Crippen LogP contribution in [0.1, 0.15) is 31.2 Å². The molecule has 0 heterocycles. The first kappa shape index (κ1) is 13.2. The molecule has 0 fully saturated rings. The predicted molar refractivity (Wildman–Crippen MR) is 75.0 cm³/mol. The largest absolute Gasteiger partial charge is 0.398 e. The molecular weight excluding hydrogens is 214 g/mol. The van der Waals surface area contributed by atoms with Gasteiger partial charge in [0, 0.05) is 10.6 Å². The summed E-state index contributed by atoms with van der Waals surface area (Å²) in [5, 5.41) is 0. The minimum atomic E-state index is 0.900. The summed E-state index contributed by atoms with van der Waals surface area (Å²) < 4.78 is 0. The highest BCUT2D eigenvalue weighted by Crippen LogP contribution is 2.26. The molecule has 16 heavy (non-hydrogen) atoms. The van der Waals surface area contributed by atoms with Crippen molar-refractivity contribution in [2.24, 2.45) is 0 Å². The minimum Gasteiger partial charge on any atom is -0.398 e. The van der Waals surface area contributed by atoms with Gasteiger partial charge < -0.3 is 5.73 Å². The second kappa shape index (κ2) is 7.39. The van der Waals surface area contributed by atoms with E-state index in [-0.39, 0.29) is 0 Å². The molecule has 2 N–H and O–H groups in total. The van der Waals surface area contributed by atoms with Crippen molar-refractivity contribution in [3.05, 3.63) is 36.4 Å². The highest BCUT2D eigenvalue weighted by Gasteiger charge is 2.01. The molecule has 0 amide bonds. The lowest BCUT2D eigenvalue weighted by Crippen LogP contribution is -1.91. The molecule has 0 atom stereocenters. The molecule has 0 aliphatic heterocycles. The van der Waals surface area contributed by atoms with E-state index in [4.69, 9.17) is 5.73 Å². The number of rotatable bonds is 7. The molecule has 0 bridgehead atoms. The van der Waals surface area contributed by atoms with E-state index in [1.807, 2.05) is 30.0 Å². The molecule has 1 aromatic rings. The lowest BCUT2D eigenvalue weighted by atomic mass is 10.2. The van der Waals surface area contributed by atoms with Crippen LogP contribution >= 0.6 is 11.8 Å². The summed E-state index contributed by atoms with van der Waals surface area (Å²) in [6, 6.07) is 6.14. The van der Waals surface area contributed by atoms with Crippen molar-refractivity contribution in [1.82, 2.24) is 0 Å². The molecular formula is C14H21NS. The predicted octanol–water partition coefficient (Wildman–Crippen LogP) is 4.42. The van der Waals surface area contributed by atoms with Gasteiger partial charge in [0.2, 0.25) is 0 Å². The van der Waals surface area contributed by atoms with Crippen molar-refractivity contribution in [1.29, 1.82) is 0 Å². The van der Waals surface area contributed by atoms with Crippen LogP contribution in [0, 0.1) is 6.92 Å². The van der Waals surface area contributed by atoms with Gasteiger partial charge in [0.15, 0.2) is 0 Å². The smallest absolute Gasteiger partial charge is 0.0354 e. The van der Waals surface area contributed by atoms with E-state index in [0.717, 1.165) is 12.1 Å². The summed E-state index contributed by atoms with van der Waals surface area (Å²) in [6.07, 6.45) is 6.96. The average Bonchev–Trinajstić information content (AvgIpc) is 2.29. The van der Waals surface area contributed by atoms with Gasteiger partial charge in [-0.25, -0.2) is 0 Å². The van der Waals surface area contributed by atoms with Crippen molar-refractivity contribution in [2.75, 3.05) is 11.5 Å². The Morgan fingerprint density at radius 2 is 2.12 bits per heavy atom. The zero-order valence-electron chi connectivity index (χ0n) is 10.0. The summed E-state index contributed by atoms with van der Waals surface area (Å²) in [6.45, 7) is 5.82. The molecule has 1 nitrogen and oxygen atoms in total. The molecule has 0 saturated heterocycles. The molecule has 0 unspecified atom stereocenters. The number of nitrogen functional groups attached to an aromatic ring is 1. The van der Waals surface area contributed by atoms with Crippen LogP contribution in [-0.4, -0.2) is 5.75 Å². The topological polar surface area (TPSA) is 26.0 Å². The molecule has 0 radical (unpaired) electrons. The Morgan fingerprint density at radius 3 is 2.88 bits per heavy atom. The van der Waals surface area contributed by atoms with Gasteiger partial charge in [-0.2, -0.15) is 0 Å². The maximum absolute atomic E-state index is 5.87. The van der Waals surface area contributed by atoms with Crippen LogP contribution in [0.5, 0.6) is 0 Å². The Balaban J connectivity index is 2.26. The number of anilines is 1. The highest BCUT2D eigenvalue weighted by molar-refractivity contribution is 7.99. The number of nitrogens with two attached hydrogens (primary N) is 1. The Labute approximate surface area is 103 Å². The third-order valence-electron chi connectivity index (χ3n) is 2.64. The Morgan fingerprint density at radius 1 is 1.31 bits per heavy atom. The van der Waals surface area contributed by atoms with Crippen molar-refractivity contribution in [3.63, 3.8) is 0 Å². The van der Waals surface area contributed by atoms with Gasteiger partial charge >= 0.3 is 0 Å². The van der Waals surface area contributed by atoms with Crippen LogP contribution < -0.4 is 5.73 Å². The monoisotopic (exact) mass is 235 g/mol. The maximum Gasteiger partial charge on any atom is 0.0354 e. The van der Waals surface area contributed by atoms with Gasteiger partial charge in [-0.3, -0.25) is 0 Å². The highest BCUT2D eigenvalue weighted by atomic mass is 32.2. The van der Waals surface area contributed by atoms with Crippen LogP contribution in [0.15, 0.2) is 35.7 Å². The van der Waals surface area contributed by atoms with Gasteiger partial charge in [-0.05, 0) is 49.6 Å². The third-order valence-corrected chi connectivity index (χ3v) is 3.88. The van der Waals surface area contributed by atoms with Crippen LogP contribution in [-0.2, 0) is 0 Å². The van der Waals surface area contributed by atoms with Crippen molar-refractivity contribution in [3.8, 4) is 0 Å². The number of hydrogen-bond acceptors (Lipinski definition) is 2. The van der Waals surface area contributed by atoms with E-state index in [1.54, 1.807) is 0 Å². The van der Waals surface area contributed by atoms with Crippen LogP contribution in [0.25, 0.3) is 0 Å². The van der Waals surface area contributed by atoms with Crippen LogP contribution in [0.2, 0.25) is 0 Å². The maximum atomic E-state index is 5.87. The first-order chi connectivity index (χ1) is 7.75. The lowest BCUT2D eigenvalue weighted by Gasteiger charge is -2.07. The molecule has 0 aliphatic rings. The van der Waals surface area contributed by atoms with Gasteiger partial charge in [0.05, 0.1) is 0 Å². The Hall–Kier alpha value is -0.890. The van der Waals surface area contributed by atoms with Crippen molar-refractivity contribution in [2.45, 2.75) is 37.5 Å². The third kappa shape index (κ3) is 4.31. The summed E-state index contributed by atoms with van der Waals surface area (Å²) >= 11 is 1.91. The lowest BCUT2D eigenvalue weighted by molar-refractivity contribution is 0.735. The van der Waals surface area contributed by atoms with Gasteiger partial charge in [-0.15, -0.1) is 18.3 Å². The van der Waals surface area contributed by atoms with E-state index in [1.165, 1.54) is 35.5 Å². The number of allylic oxidation sites excluding steroid dienone is 1. The van der Waals surface area contributed by atoms with E-state index >= 15 is 0 Å². The number of hydrogen-bond donors (Lipinski definition) is 1. The van der Waals surface area contributed by atoms with E-state index in [2.05, 4.69) is 19.6 Å². The SMILES string of the molecule is C=CCCCCCSc1cccc(N)c1C. The van der Waals surface area contributed by atoms with Gasteiger partial charge in [0.25, 0.3) is 0 Å². The minimum absolute atomic E-state index is 0.900. The second-order valence-electron chi connectivity index (χ2n) is 3.96. The molecule has 0 aliphatic carbocycles.